The smallest absolute Gasteiger partial charge is 0.340 e. The number of carbonyl (C=O) groups is 1. The molecular weight excluding hydrogens is 282 g/mol. The Morgan fingerprint density at radius 2 is 2.14 bits per heavy atom. The molecule has 6 heteroatoms. The van der Waals surface area contributed by atoms with Crippen molar-refractivity contribution < 1.29 is 14.6 Å². The number of nitrogen functional groups attached to an aromatic ring is 1. The number of nitrogens with zero attached hydrogens (tertiary/aromatic N) is 2. The number of aliphatic hydroxyl groups is 1. The molecule has 1 saturated carbocycles. The maximum atomic E-state index is 11.7. The molecule has 0 radical (unpaired) electrons. The number of nitrogens with two attached hydrogens (primary N) is 1. The van der Waals surface area contributed by atoms with Crippen molar-refractivity contribution in [1.29, 1.82) is 0 Å². The zero-order valence-electron chi connectivity index (χ0n) is 12.7. The lowest BCUT2D eigenvalue weighted by Crippen LogP contribution is -2.20. The van der Waals surface area contributed by atoms with Crippen LogP contribution in [0.1, 0.15) is 42.1 Å². The summed E-state index contributed by atoms with van der Waals surface area (Å²) >= 11 is 0. The number of hydrogen-bond acceptors (Lipinski definition) is 5. The van der Waals surface area contributed by atoms with Gasteiger partial charge >= 0.3 is 5.97 Å². The van der Waals surface area contributed by atoms with Crippen LogP contribution in [0.4, 0.5) is 5.69 Å². The average molecular weight is 303 g/mol. The van der Waals surface area contributed by atoms with Crippen LogP contribution in [-0.2, 0) is 4.74 Å². The van der Waals surface area contributed by atoms with Crippen LogP contribution in [0.3, 0.4) is 0 Å². The Labute approximate surface area is 128 Å². The van der Waals surface area contributed by atoms with E-state index in [1.54, 1.807) is 12.1 Å². The van der Waals surface area contributed by atoms with Crippen molar-refractivity contribution in [3.05, 3.63) is 23.9 Å². The molecule has 118 valence electrons. The molecule has 1 aliphatic rings. The summed E-state index contributed by atoms with van der Waals surface area (Å²) in [6, 6.07) is 3.80. The van der Waals surface area contributed by atoms with Gasteiger partial charge in [-0.2, -0.15) is 5.10 Å². The number of methoxy groups -OCH3 is 1. The number of benzene rings is 1. The van der Waals surface area contributed by atoms with Gasteiger partial charge in [-0.1, -0.05) is 0 Å². The van der Waals surface area contributed by atoms with Crippen molar-refractivity contribution in [2.24, 2.45) is 5.92 Å². The number of aromatic nitrogens is 2. The first-order valence-corrected chi connectivity index (χ1v) is 7.60. The van der Waals surface area contributed by atoms with E-state index >= 15 is 0 Å². The zero-order chi connectivity index (χ0) is 15.7. The first-order chi connectivity index (χ1) is 10.6. The summed E-state index contributed by atoms with van der Waals surface area (Å²) in [5, 5.41) is 14.7. The van der Waals surface area contributed by atoms with Gasteiger partial charge in [-0.05, 0) is 43.7 Å². The molecule has 1 heterocycles. The highest BCUT2D eigenvalue weighted by molar-refractivity contribution is 6.00. The number of esters is 1. The minimum Gasteiger partial charge on any atom is -0.465 e. The van der Waals surface area contributed by atoms with Crippen molar-refractivity contribution in [3.8, 4) is 0 Å². The fourth-order valence-electron chi connectivity index (χ4n) is 3.17. The Balaban J connectivity index is 1.88. The molecule has 2 aromatic rings. The van der Waals surface area contributed by atoms with Crippen molar-refractivity contribution in [3.63, 3.8) is 0 Å². The van der Waals surface area contributed by atoms with Crippen molar-refractivity contribution in [2.75, 3.05) is 19.5 Å². The summed E-state index contributed by atoms with van der Waals surface area (Å²) in [5.74, 6) is -0.0276. The second-order valence-corrected chi connectivity index (χ2v) is 5.96. The highest BCUT2D eigenvalue weighted by Gasteiger charge is 2.23. The van der Waals surface area contributed by atoms with Gasteiger partial charge in [-0.25, -0.2) is 4.79 Å². The molecule has 1 aliphatic carbocycles. The number of carbonyl (C=O) groups excluding carboxylic acids is 1. The Morgan fingerprint density at radius 1 is 1.41 bits per heavy atom. The number of anilines is 1. The van der Waals surface area contributed by atoms with Gasteiger partial charge in [0.2, 0.25) is 0 Å². The molecule has 0 spiro atoms. The van der Waals surface area contributed by atoms with E-state index in [4.69, 9.17) is 10.5 Å². The van der Waals surface area contributed by atoms with E-state index in [1.807, 2.05) is 10.9 Å². The maximum Gasteiger partial charge on any atom is 0.340 e. The fourth-order valence-corrected chi connectivity index (χ4v) is 3.17. The predicted molar refractivity (Wildman–Crippen MR) is 83.6 cm³/mol. The van der Waals surface area contributed by atoms with E-state index in [0.29, 0.717) is 23.2 Å². The van der Waals surface area contributed by atoms with E-state index in [2.05, 4.69) is 5.10 Å². The topological polar surface area (TPSA) is 90.4 Å². The van der Waals surface area contributed by atoms with Crippen LogP contribution in [0.5, 0.6) is 0 Å². The number of ether oxygens (including phenoxy) is 1. The molecule has 3 rings (SSSR count). The van der Waals surface area contributed by atoms with Gasteiger partial charge in [-0.3, -0.25) is 4.68 Å². The number of hydrogen-bond donors (Lipinski definition) is 2. The Bertz CT molecular complexity index is 687. The second kappa shape index (κ2) is 5.96. The monoisotopic (exact) mass is 303 g/mol. The predicted octanol–water partition coefficient (Wildman–Crippen LogP) is 2.13. The summed E-state index contributed by atoms with van der Waals surface area (Å²) in [6.07, 6.45) is 6.05. The van der Waals surface area contributed by atoms with Crippen molar-refractivity contribution >= 4 is 22.6 Å². The largest absolute Gasteiger partial charge is 0.465 e. The van der Waals surface area contributed by atoms with Crippen molar-refractivity contribution in [2.45, 2.75) is 31.7 Å². The summed E-state index contributed by atoms with van der Waals surface area (Å²) in [4.78, 5) is 11.7. The number of aliphatic hydroxyl groups excluding tert-OH is 1. The van der Waals surface area contributed by atoms with Crippen LogP contribution < -0.4 is 5.73 Å². The van der Waals surface area contributed by atoms with Gasteiger partial charge in [0.1, 0.15) is 0 Å². The molecule has 6 nitrogen and oxygen atoms in total. The highest BCUT2D eigenvalue weighted by Crippen LogP contribution is 2.33. The summed E-state index contributed by atoms with van der Waals surface area (Å²) in [7, 11) is 1.34. The Kier molecular flexibility index (Phi) is 4.02. The second-order valence-electron chi connectivity index (χ2n) is 5.96. The molecule has 0 bridgehead atoms. The molecule has 0 unspecified atom stereocenters. The van der Waals surface area contributed by atoms with Crippen LogP contribution in [-0.4, -0.2) is 34.6 Å². The van der Waals surface area contributed by atoms with E-state index in [9.17, 15) is 9.90 Å². The van der Waals surface area contributed by atoms with Gasteiger partial charge < -0.3 is 15.6 Å². The molecule has 0 atom stereocenters. The Morgan fingerprint density at radius 3 is 2.77 bits per heavy atom. The Hall–Kier alpha value is -2.08. The maximum absolute atomic E-state index is 11.7. The average Bonchev–Trinajstić information content (AvgIpc) is 2.96. The number of rotatable bonds is 3. The van der Waals surface area contributed by atoms with Crippen LogP contribution in [0.25, 0.3) is 10.9 Å². The summed E-state index contributed by atoms with van der Waals surface area (Å²) in [6.45, 7) is 0.271. The molecule has 1 fully saturated rings. The van der Waals surface area contributed by atoms with Crippen LogP contribution in [0.2, 0.25) is 0 Å². The van der Waals surface area contributed by atoms with Gasteiger partial charge in [-0.15, -0.1) is 0 Å². The molecule has 0 saturated heterocycles. The van der Waals surface area contributed by atoms with Gasteiger partial charge in [0.15, 0.2) is 0 Å². The highest BCUT2D eigenvalue weighted by atomic mass is 16.5. The van der Waals surface area contributed by atoms with Crippen LogP contribution in [0.15, 0.2) is 18.3 Å². The van der Waals surface area contributed by atoms with Crippen LogP contribution >= 0.6 is 0 Å². The first-order valence-electron chi connectivity index (χ1n) is 7.60. The van der Waals surface area contributed by atoms with E-state index < -0.39 is 5.97 Å². The quantitative estimate of drug-likeness (QED) is 0.669. The normalized spacial score (nSPS) is 21.9. The SMILES string of the molecule is COC(=O)c1cc2nn([C@H]3CC[C@H](CO)CC3)cc2cc1N. The molecule has 1 aromatic carbocycles. The summed E-state index contributed by atoms with van der Waals surface area (Å²) < 4.78 is 6.71. The van der Waals surface area contributed by atoms with E-state index in [0.717, 1.165) is 36.6 Å². The third-order valence-corrected chi connectivity index (χ3v) is 4.55. The molecule has 3 N–H and O–H groups in total. The zero-order valence-corrected chi connectivity index (χ0v) is 12.7. The summed E-state index contributed by atoms with van der Waals surface area (Å²) in [5.41, 5.74) is 7.43. The third-order valence-electron chi connectivity index (χ3n) is 4.55. The van der Waals surface area contributed by atoms with Gasteiger partial charge in [0, 0.05) is 23.9 Å². The van der Waals surface area contributed by atoms with Crippen molar-refractivity contribution in [1.82, 2.24) is 9.78 Å². The molecule has 0 amide bonds. The molecular formula is C16H21N3O3. The third kappa shape index (κ3) is 2.66. The fraction of sp³-hybridized carbons (Fsp3) is 0.500. The van der Waals surface area contributed by atoms with E-state index in [-0.39, 0.29) is 6.61 Å². The molecule has 0 aliphatic heterocycles. The minimum absolute atomic E-state index is 0.271. The minimum atomic E-state index is -0.447. The lowest BCUT2D eigenvalue weighted by atomic mass is 9.87. The number of fused-ring (bicyclic) bond motifs is 1. The lowest BCUT2D eigenvalue weighted by Gasteiger charge is -2.27. The molecule has 1 aromatic heterocycles. The first kappa shape index (κ1) is 14.8. The van der Waals surface area contributed by atoms with E-state index in [1.165, 1.54) is 7.11 Å². The van der Waals surface area contributed by atoms with Gasteiger partial charge in [0.25, 0.3) is 0 Å². The van der Waals surface area contributed by atoms with Crippen LogP contribution in [0, 0.1) is 5.92 Å². The van der Waals surface area contributed by atoms with Gasteiger partial charge in [0.05, 0.1) is 24.2 Å². The molecule has 22 heavy (non-hydrogen) atoms. The standard InChI is InChI=1S/C16H21N3O3/c1-22-16(21)13-7-15-11(6-14(13)17)8-19(18-15)12-4-2-10(9-20)3-5-12/h6-8,10,12,20H,2-5,9,17H2,1H3/t10-,12-. The lowest BCUT2D eigenvalue weighted by molar-refractivity contribution is 0.0602.